The summed E-state index contributed by atoms with van der Waals surface area (Å²) < 4.78 is 0.956. The van der Waals surface area contributed by atoms with Gasteiger partial charge in [-0.05, 0) is 60.5 Å². The highest BCUT2D eigenvalue weighted by atomic mass is 79.9. The third-order valence-electron chi connectivity index (χ3n) is 4.48. The van der Waals surface area contributed by atoms with Crippen molar-refractivity contribution in [1.82, 2.24) is 0 Å². The van der Waals surface area contributed by atoms with Crippen molar-refractivity contribution < 1.29 is 4.79 Å². The van der Waals surface area contributed by atoms with Gasteiger partial charge in [0, 0.05) is 20.1 Å². The van der Waals surface area contributed by atoms with Crippen molar-refractivity contribution in [2.75, 3.05) is 4.90 Å². The first-order chi connectivity index (χ1) is 13.9. The Morgan fingerprint density at radius 3 is 2.45 bits per heavy atom. The van der Waals surface area contributed by atoms with Gasteiger partial charge in [-0.25, -0.2) is 4.99 Å². The van der Waals surface area contributed by atoms with Gasteiger partial charge in [0.1, 0.15) is 11.5 Å². The van der Waals surface area contributed by atoms with Gasteiger partial charge in [0.2, 0.25) is 0 Å². The zero-order valence-corrected chi connectivity index (χ0v) is 18.5. The van der Waals surface area contributed by atoms with Gasteiger partial charge in [0.05, 0.1) is 5.69 Å². The number of halogens is 3. The lowest BCUT2D eigenvalue weighted by atomic mass is 10.1. The van der Waals surface area contributed by atoms with Crippen molar-refractivity contribution >= 4 is 62.6 Å². The summed E-state index contributed by atoms with van der Waals surface area (Å²) in [5.41, 5.74) is 3.66. The monoisotopic (exact) mass is 484 g/mol. The lowest BCUT2D eigenvalue weighted by molar-refractivity contribution is -0.113. The summed E-state index contributed by atoms with van der Waals surface area (Å²) in [4.78, 5) is 19.6. The van der Waals surface area contributed by atoms with Crippen molar-refractivity contribution in [1.29, 1.82) is 0 Å². The minimum atomic E-state index is -0.209. The number of benzene rings is 3. The van der Waals surface area contributed by atoms with Crippen LogP contribution in [0.4, 0.5) is 5.69 Å². The van der Waals surface area contributed by atoms with Gasteiger partial charge in [0.25, 0.3) is 5.91 Å². The second kappa shape index (κ2) is 8.15. The van der Waals surface area contributed by atoms with Crippen LogP contribution < -0.4 is 4.90 Å². The lowest BCUT2D eigenvalue weighted by Gasteiger charge is -2.19. The molecule has 0 saturated carbocycles. The Hall–Kier alpha value is -2.40. The highest BCUT2D eigenvalue weighted by Gasteiger charge is 2.32. The van der Waals surface area contributed by atoms with Crippen LogP contribution in [0.25, 0.3) is 6.08 Å². The Bertz CT molecular complexity index is 1170. The van der Waals surface area contributed by atoms with Gasteiger partial charge in [-0.3, -0.25) is 9.69 Å². The smallest absolute Gasteiger partial charge is 0.266 e. The predicted molar refractivity (Wildman–Crippen MR) is 124 cm³/mol. The summed E-state index contributed by atoms with van der Waals surface area (Å²) in [6.45, 7) is 1.99. The number of nitrogens with zero attached hydrogens (tertiary/aromatic N) is 2. The second-order valence-corrected chi connectivity index (χ2v) is 8.38. The summed E-state index contributed by atoms with van der Waals surface area (Å²) in [7, 11) is 0. The number of amides is 1. The molecule has 1 amide bonds. The lowest BCUT2D eigenvalue weighted by Crippen LogP contribution is -2.32. The zero-order chi connectivity index (χ0) is 20.5. The number of carbonyl (C=O) groups excluding carboxylic acids is 1. The van der Waals surface area contributed by atoms with Crippen LogP contribution in [0.5, 0.6) is 0 Å². The third-order valence-corrected chi connectivity index (χ3v) is 5.57. The van der Waals surface area contributed by atoms with Crippen LogP contribution in [-0.4, -0.2) is 11.7 Å². The summed E-state index contributed by atoms with van der Waals surface area (Å²) >= 11 is 15.7. The van der Waals surface area contributed by atoms with Crippen LogP contribution >= 0.6 is 39.1 Å². The number of rotatable bonds is 3. The molecule has 0 fully saturated rings. The second-order valence-electron chi connectivity index (χ2n) is 6.62. The summed E-state index contributed by atoms with van der Waals surface area (Å²) in [5, 5.41) is 1.00. The van der Waals surface area contributed by atoms with E-state index in [9.17, 15) is 4.79 Å². The van der Waals surface area contributed by atoms with E-state index in [1.165, 1.54) is 0 Å². The Morgan fingerprint density at radius 2 is 1.76 bits per heavy atom. The van der Waals surface area contributed by atoms with Gasteiger partial charge >= 0.3 is 0 Å². The van der Waals surface area contributed by atoms with Gasteiger partial charge in [-0.15, -0.1) is 0 Å². The Labute approximate surface area is 187 Å². The normalized spacial score (nSPS) is 15.2. The van der Waals surface area contributed by atoms with Crippen LogP contribution in [0, 0.1) is 6.92 Å². The molecule has 0 atom stereocenters. The molecule has 1 heterocycles. The number of anilines is 1. The molecule has 1 aliphatic rings. The van der Waals surface area contributed by atoms with E-state index in [2.05, 4.69) is 20.9 Å². The first-order valence-electron chi connectivity index (χ1n) is 8.85. The first kappa shape index (κ1) is 19.9. The van der Waals surface area contributed by atoms with Crippen LogP contribution in [0.1, 0.15) is 16.7 Å². The van der Waals surface area contributed by atoms with Crippen molar-refractivity contribution in [3.63, 3.8) is 0 Å². The average molecular weight is 486 g/mol. The number of hydrogen-bond donors (Lipinski definition) is 0. The molecule has 3 aromatic carbocycles. The highest BCUT2D eigenvalue weighted by molar-refractivity contribution is 9.10. The topological polar surface area (TPSA) is 32.7 Å². The van der Waals surface area contributed by atoms with Gasteiger partial charge < -0.3 is 0 Å². The Morgan fingerprint density at radius 1 is 1.00 bits per heavy atom. The van der Waals surface area contributed by atoms with Crippen LogP contribution in [0.15, 0.2) is 81.9 Å². The van der Waals surface area contributed by atoms with Gasteiger partial charge in [-0.1, -0.05) is 69.5 Å². The molecule has 29 heavy (non-hydrogen) atoms. The SMILES string of the molecule is Cc1cccc(N2C(=O)/C(=C\c3ccc(Cl)cc3Cl)N=C2c2ccc(Br)cc2)c1. The van der Waals surface area contributed by atoms with Crippen LogP contribution in [0.3, 0.4) is 0 Å². The molecule has 0 radical (unpaired) electrons. The molecule has 0 bridgehead atoms. The van der Waals surface area contributed by atoms with Crippen molar-refractivity contribution in [2.24, 2.45) is 4.99 Å². The average Bonchev–Trinajstić information content (AvgIpc) is 3.01. The molecule has 0 spiro atoms. The maximum Gasteiger partial charge on any atom is 0.282 e. The van der Waals surface area contributed by atoms with Crippen molar-refractivity contribution in [3.8, 4) is 0 Å². The standard InChI is InChI=1S/C23H15BrCl2N2O/c1-14-3-2-4-19(11-14)28-22(15-5-8-17(24)9-6-15)27-21(23(28)29)12-16-7-10-18(25)13-20(16)26/h2-13H,1H3/b21-12+. The number of amidine groups is 1. The van der Waals surface area contributed by atoms with E-state index in [1.54, 1.807) is 29.2 Å². The molecule has 3 aromatic rings. The maximum atomic E-state index is 13.3. The van der Waals surface area contributed by atoms with Gasteiger partial charge in [0.15, 0.2) is 0 Å². The number of carbonyl (C=O) groups is 1. The van der Waals surface area contributed by atoms with E-state index in [4.69, 9.17) is 23.2 Å². The number of aliphatic imine (C=N–C) groups is 1. The highest BCUT2D eigenvalue weighted by Crippen LogP contribution is 2.30. The fraction of sp³-hybridized carbons (Fsp3) is 0.0435. The molecule has 0 unspecified atom stereocenters. The summed E-state index contributed by atoms with van der Waals surface area (Å²) in [5.74, 6) is 0.365. The molecule has 3 nitrogen and oxygen atoms in total. The van der Waals surface area contributed by atoms with E-state index in [0.29, 0.717) is 27.1 Å². The molecule has 1 aliphatic heterocycles. The summed E-state index contributed by atoms with van der Waals surface area (Å²) in [6, 6.07) is 20.6. The quantitative estimate of drug-likeness (QED) is 0.371. The van der Waals surface area contributed by atoms with Crippen molar-refractivity contribution in [2.45, 2.75) is 6.92 Å². The molecular formula is C23H15BrCl2N2O. The third kappa shape index (κ3) is 4.15. The molecule has 0 aromatic heterocycles. The molecule has 6 heteroatoms. The fourth-order valence-corrected chi connectivity index (χ4v) is 3.81. The number of aryl methyl sites for hydroxylation is 1. The molecule has 0 aliphatic carbocycles. The minimum Gasteiger partial charge on any atom is -0.266 e. The van der Waals surface area contributed by atoms with E-state index in [1.807, 2.05) is 55.5 Å². The van der Waals surface area contributed by atoms with E-state index in [-0.39, 0.29) is 5.91 Å². The van der Waals surface area contributed by atoms with Crippen LogP contribution in [0.2, 0.25) is 10.0 Å². The maximum absolute atomic E-state index is 13.3. The largest absolute Gasteiger partial charge is 0.282 e. The molecule has 4 rings (SSSR count). The first-order valence-corrected chi connectivity index (χ1v) is 10.4. The fourth-order valence-electron chi connectivity index (χ4n) is 3.08. The minimum absolute atomic E-state index is 0.209. The van der Waals surface area contributed by atoms with E-state index in [0.717, 1.165) is 21.3 Å². The number of hydrogen-bond acceptors (Lipinski definition) is 2. The summed E-state index contributed by atoms with van der Waals surface area (Å²) in [6.07, 6.45) is 1.69. The molecule has 0 N–H and O–H groups in total. The molecule has 144 valence electrons. The molecular weight excluding hydrogens is 471 g/mol. The molecule has 0 saturated heterocycles. The predicted octanol–water partition coefficient (Wildman–Crippen LogP) is 6.90. The van der Waals surface area contributed by atoms with E-state index >= 15 is 0 Å². The van der Waals surface area contributed by atoms with Crippen molar-refractivity contribution in [3.05, 3.63) is 104 Å². The van der Waals surface area contributed by atoms with Crippen LogP contribution in [-0.2, 0) is 4.79 Å². The zero-order valence-electron chi connectivity index (χ0n) is 15.4. The Kier molecular flexibility index (Phi) is 5.59. The van der Waals surface area contributed by atoms with Gasteiger partial charge in [-0.2, -0.15) is 0 Å². The van der Waals surface area contributed by atoms with E-state index < -0.39 is 0 Å². The Balaban J connectivity index is 1.84.